The minimum atomic E-state index is -1.000. The molecule has 5 nitrogen and oxygen atoms in total. The molecule has 2 aromatic carbocycles. The zero-order valence-electron chi connectivity index (χ0n) is 26.1. The monoisotopic (exact) mass is 574 g/mol. The summed E-state index contributed by atoms with van der Waals surface area (Å²) in [5.74, 6) is 0.0323. The van der Waals surface area contributed by atoms with Crippen LogP contribution in [0.3, 0.4) is 0 Å². The molecule has 2 aromatic rings. The van der Waals surface area contributed by atoms with Crippen molar-refractivity contribution < 1.29 is 24.2 Å². The number of esters is 2. The third kappa shape index (κ3) is 9.42. The molecule has 0 amide bonds. The number of hydrogen-bond donors (Lipinski definition) is 1. The summed E-state index contributed by atoms with van der Waals surface area (Å²) in [5.41, 5.74) is 6.17. The van der Waals surface area contributed by atoms with Gasteiger partial charge in [-0.1, -0.05) is 95.2 Å². The summed E-state index contributed by atoms with van der Waals surface area (Å²) in [6, 6.07) is 15.3. The van der Waals surface area contributed by atoms with Crippen LogP contribution in [0.25, 0.3) is 11.1 Å². The number of hydrogen-bond acceptors (Lipinski definition) is 5. The van der Waals surface area contributed by atoms with Gasteiger partial charge in [-0.3, -0.25) is 0 Å². The van der Waals surface area contributed by atoms with Gasteiger partial charge in [0.15, 0.2) is 0 Å². The van der Waals surface area contributed by atoms with E-state index in [4.69, 9.17) is 9.47 Å². The van der Waals surface area contributed by atoms with Gasteiger partial charge in [0.2, 0.25) is 0 Å². The lowest BCUT2D eigenvalue weighted by Crippen LogP contribution is -2.22. The Morgan fingerprint density at radius 2 is 1.57 bits per heavy atom. The minimum Gasteiger partial charge on any atom is -0.462 e. The van der Waals surface area contributed by atoms with Crippen LogP contribution in [-0.2, 0) is 25.5 Å². The van der Waals surface area contributed by atoms with Gasteiger partial charge < -0.3 is 14.6 Å². The standard InChI is InChI=1S/C37H50O5/c1-7-9-10-11-28-12-14-30(15-13-28)31-16-18-32(19-17-31)35-21-20-33(22-29(35)8-2)34(23-41-36(39)25(3)4)24-42-37(40)26(5)27(6)38/h16-22,27-28,30,34,38H,3,5,7-15,23-24H2,1-2,4,6H3. The van der Waals surface area contributed by atoms with Gasteiger partial charge in [0.1, 0.15) is 13.2 Å². The van der Waals surface area contributed by atoms with E-state index in [1.54, 1.807) is 6.92 Å². The normalized spacial score (nSPS) is 18.1. The van der Waals surface area contributed by atoms with E-state index in [-0.39, 0.29) is 24.7 Å². The van der Waals surface area contributed by atoms with E-state index in [0.29, 0.717) is 11.5 Å². The number of unbranched alkanes of at least 4 members (excludes halogenated alkanes) is 2. The predicted octanol–water partition coefficient (Wildman–Crippen LogP) is 8.45. The van der Waals surface area contributed by atoms with Crippen LogP contribution >= 0.6 is 0 Å². The zero-order chi connectivity index (χ0) is 30.6. The Labute approximate surface area is 253 Å². The van der Waals surface area contributed by atoms with Crippen LogP contribution < -0.4 is 0 Å². The van der Waals surface area contributed by atoms with Crippen molar-refractivity contribution in [2.75, 3.05) is 13.2 Å². The highest BCUT2D eigenvalue weighted by molar-refractivity contribution is 5.88. The fourth-order valence-corrected chi connectivity index (χ4v) is 5.82. The van der Waals surface area contributed by atoms with Gasteiger partial charge in [-0.15, -0.1) is 0 Å². The summed E-state index contributed by atoms with van der Waals surface area (Å²) in [6.45, 7) is 14.7. The predicted molar refractivity (Wildman–Crippen MR) is 170 cm³/mol. The summed E-state index contributed by atoms with van der Waals surface area (Å²) < 4.78 is 10.9. The number of aliphatic hydroxyl groups is 1. The van der Waals surface area contributed by atoms with Crippen LogP contribution in [-0.4, -0.2) is 36.4 Å². The first kappa shape index (κ1) is 33.3. The van der Waals surface area contributed by atoms with Crippen LogP contribution in [0, 0.1) is 5.92 Å². The van der Waals surface area contributed by atoms with E-state index in [1.807, 2.05) is 6.07 Å². The average Bonchev–Trinajstić information content (AvgIpc) is 3.00. The molecule has 1 saturated carbocycles. The Morgan fingerprint density at radius 1 is 0.929 bits per heavy atom. The largest absolute Gasteiger partial charge is 0.462 e. The van der Waals surface area contributed by atoms with Gasteiger partial charge >= 0.3 is 11.9 Å². The number of carbonyl (C=O) groups is 2. The summed E-state index contributed by atoms with van der Waals surface area (Å²) >= 11 is 0. The fourth-order valence-electron chi connectivity index (χ4n) is 5.82. The Bertz CT molecular complexity index is 1200. The first-order chi connectivity index (χ1) is 20.1. The molecule has 1 N–H and O–H groups in total. The molecule has 0 aromatic heterocycles. The summed E-state index contributed by atoms with van der Waals surface area (Å²) in [6.07, 6.45) is 10.5. The van der Waals surface area contributed by atoms with Crippen molar-refractivity contribution in [1.82, 2.24) is 0 Å². The highest BCUT2D eigenvalue weighted by atomic mass is 16.5. The van der Waals surface area contributed by atoms with E-state index >= 15 is 0 Å². The van der Waals surface area contributed by atoms with Gasteiger partial charge in [-0.25, -0.2) is 9.59 Å². The number of benzene rings is 2. The first-order valence-corrected chi connectivity index (χ1v) is 15.7. The van der Waals surface area contributed by atoms with Gasteiger partial charge in [0.25, 0.3) is 0 Å². The molecule has 228 valence electrons. The molecule has 0 aliphatic heterocycles. The van der Waals surface area contributed by atoms with Gasteiger partial charge in [0, 0.05) is 5.57 Å². The molecule has 1 aliphatic rings. The maximum Gasteiger partial charge on any atom is 0.336 e. The summed E-state index contributed by atoms with van der Waals surface area (Å²) in [4.78, 5) is 24.4. The van der Waals surface area contributed by atoms with Crippen LogP contribution in [0.15, 0.2) is 66.8 Å². The molecule has 2 atom stereocenters. The Hall–Kier alpha value is -3.18. The molecule has 0 saturated heterocycles. The molecule has 0 radical (unpaired) electrons. The van der Waals surface area contributed by atoms with Crippen molar-refractivity contribution in [3.8, 4) is 11.1 Å². The number of aryl methyl sites for hydroxylation is 1. The van der Waals surface area contributed by atoms with E-state index in [2.05, 4.69) is 63.4 Å². The van der Waals surface area contributed by atoms with E-state index < -0.39 is 18.0 Å². The molecule has 0 heterocycles. The van der Waals surface area contributed by atoms with Crippen molar-refractivity contribution >= 4 is 11.9 Å². The van der Waals surface area contributed by atoms with Gasteiger partial charge in [-0.2, -0.15) is 0 Å². The van der Waals surface area contributed by atoms with Crippen molar-refractivity contribution in [2.45, 2.75) is 103 Å². The number of aliphatic hydroxyl groups excluding tert-OH is 1. The maximum absolute atomic E-state index is 12.3. The van der Waals surface area contributed by atoms with Crippen molar-refractivity contribution in [1.29, 1.82) is 0 Å². The lowest BCUT2D eigenvalue weighted by Gasteiger charge is -2.29. The SMILES string of the molecule is C=C(C)C(=O)OCC(COC(=O)C(=C)C(C)O)c1ccc(-c2ccc(C3CCC(CCCCC)CC3)cc2)c(CC)c1. The van der Waals surface area contributed by atoms with Gasteiger partial charge in [-0.05, 0) is 85.6 Å². The van der Waals surface area contributed by atoms with E-state index in [0.717, 1.165) is 17.9 Å². The highest BCUT2D eigenvalue weighted by Gasteiger charge is 2.23. The minimum absolute atomic E-state index is 0.00785. The Kier molecular flexibility index (Phi) is 13.1. The van der Waals surface area contributed by atoms with Gasteiger partial charge in [0.05, 0.1) is 17.6 Å². The lowest BCUT2D eigenvalue weighted by atomic mass is 9.77. The molecule has 42 heavy (non-hydrogen) atoms. The molecular formula is C37H50O5. The van der Waals surface area contributed by atoms with Crippen molar-refractivity contribution in [3.63, 3.8) is 0 Å². The molecule has 2 unspecified atom stereocenters. The lowest BCUT2D eigenvalue weighted by molar-refractivity contribution is -0.143. The van der Waals surface area contributed by atoms with Crippen LogP contribution in [0.2, 0.25) is 0 Å². The smallest absolute Gasteiger partial charge is 0.336 e. The molecule has 1 fully saturated rings. The number of rotatable bonds is 15. The topological polar surface area (TPSA) is 72.8 Å². The van der Waals surface area contributed by atoms with E-state index in [9.17, 15) is 14.7 Å². The zero-order valence-corrected chi connectivity index (χ0v) is 26.1. The molecule has 1 aliphatic carbocycles. The fraction of sp³-hybridized carbons (Fsp3) is 0.514. The van der Waals surface area contributed by atoms with Crippen molar-refractivity contribution in [3.05, 3.63) is 83.5 Å². The van der Waals surface area contributed by atoms with E-state index in [1.165, 1.54) is 80.5 Å². The molecule has 0 bridgehead atoms. The van der Waals surface area contributed by atoms with Crippen LogP contribution in [0.5, 0.6) is 0 Å². The molecule has 0 spiro atoms. The second kappa shape index (κ2) is 16.5. The Morgan fingerprint density at radius 3 is 2.14 bits per heavy atom. The summed E-state index contributed by atoms with van der Waals surface area (Å²) in [5, 5.41) is 9.68. The molecule has 3 rings (SSSR count). The third-order valence-electron chi connectivity index (χ3n) is 8.68. The average molecular weight is 575 g/mol. The second-order valence-corrected chi connectivity index (χ2v) is 12.0. The molecule has 5 heteroatoms. The Balaban J connectivity index is 1.73. The van der Waals surface area contributed by atoms with Crippen LogP contribution in [0.4, 0.5) is 0 Å². The maximum atomic E-state index is 12.3. The highest BCUT2D eigenvalue weighted by Crippen LogP contribution is 2.38. The quantitative estimate of drug-likeness (QED) is 0.131. The number of ether oxygens (including phenoxy) is 2. The van der Waals surface area contributed by atoms with Crippen molar-refractivity contribution in [2.24, 2.45) is 5.92 Å². The summed E-state index contributed by atoms with van der Waals surface area (Å²) in [7, 11) is 0. The second-order valence-electron chi connectivity index (χ2n) is 12.0. The molecular weight excluding hydrogens is 524 g/mol. The third-order valence-corrected chi connectivity index (χ3v) is 8.68. The first-order valence-electron chi connectivity index (χ1n) is 15.7. The van der Waals surface area contributed by atoms with Crippen LogP contribution in [0.1, 0.15) is 108 Å². The number of carbonyl (C=O) groups excluding carboxylic acids is 2.